The van der Waals surface area contributed by atoms with Gasteiger partial charge in [-0.15, -0.1) is 0 Å². The molecule has 1 aliphatic rings. The van der Waals surface area contributed by atoms with E-state index in [9.17, 15) is 9.18 Å². The first-order valence-corrected chi connectivity index (χ1v) is 12.0. The fourth-order valence-electron chi connectivity index (χ4n) is 3.81. The van der Waals surface area contributed by atoms with Gasteiger partial charge in [0.05, 0.1) is 11.6 Å². The van der Waals surface area contributed by atoms with E-state index in [0.717, 1.165) is 49.7 Å². The standard InChI is InChI=1S/C25H32ClFN2O3/c1-3-5-6-22(27)25(30)32-20-10-7-18(8-11-20)16-31-23-12-9-19(13-21(23)26)24-28-14-17(4-2)15-29-24/h9,12-15,18,20,22H,3-8,10-11,16H2,1-2H3/t18-,20-,22-/m0/s1. The smallest absolute Gasteiger partial charge is 0.340 e. The summed E-state index contributed by atoms with van der Waals surface area (Å²) in [6.07, 6.45) is 7.87. The van der Waals surface area contributed by atoms with E-state index < -0.39 is 12.1 Å². The molecule has 0 bridgehead atoms. The van der Waals surface area contributed by atoms with E-state index in [1.165, 1.54) is 0 Å². The molecule has 0 unspecified atom stereocenters. The first-order valence-electron chi connectivity index (χ1n) is 11.6. The monoisotopic (exact) mass is 462 g/mol. The lowest BCUT2D eigenvalue weighted by molar-refractivity contribution is -0.157. The van der Waals surface area contributed by atoms with Gasteiger partial charge >= 0.3 is 5.97 Å². The summed E-state index contributed by atoms with van der Waals surface area (Å²) in [6, 6.07) is 5.57. The normalized spacial score (nSPS) is 19.4. The summed E-state index contributed by atoms with van der Waals surface area (Å²) in [4.78, 5) is 20.6. The van der Waals surface area contributed by atoms with Crippen molar-refractivity contribution in [1.82, 2.24) is 9.97 Å². The number of esters is 1. The van der Waals surface area contributed by atoms with Crippen LogP contribution in [0.4, 0.5) is 4.39 Å². The molecule has 0 amide bonds. The van der Waals surface area contributed by atoms with Gasteiger partial charge in [-0.1, -0.05) is 38.3 Å². The third-order valence-electron chi connectivity index (χ3n) is 5.92. The molecule has 0 aliphatic heterocycles. The van der Waals surface area contributed by atoms with Crippen LogP contribution in [0.15, 0.2) is 30.6 Å². The van der Waals surface area contributed by atoms with Gasteiger partial charge in [-0.25, -0.2) is 19.2 Å². The van der Waals surface area contributed by atoms with Gasteiger partial charge in [0.15, 0.2) is 12.0 Å². The van der Waals surface area contributed by atoms with Crippen molar-refractivity contribution in [3.63, 3.8) is 0 Å². The van der Waals surface area contributed by atoms with Gasteiger partial charge in [0, 0.05) is 18.0 Å². The van der Waals surface area contributed by atoms with Crippen molar-refractivity contribution in [2.24, 2.45) is 5.92 Å². The lowest BCUT2D eigenvalue weighted by atomic mass is 9.88. The zero-order chi connectivity index (χ0) is 22.9. The molecule has 5 nitrogen and oxygen atoms in total. The van der Waals surface area contributed by atoms with Crippen LogP contribution in [-0.4, -0.2) is 34.8 Å². The van der Waals surface area contributed by atoms with Crippen molar-refractivity contribution >= 4 is 17.6 Å². The van der Waals surface area contributed by atoms with E-state index in [1.54, 1.807) is 0 Å². The number of nitrogens with zero attached hydrogens (tertiary/aromatic N) is 2. The van der Waals surface area contributed by atoms with Crippen molar-refractivity contribution in [2.45, 2.75) is 77.5 Å². The van der Waals surface area contributed by atoms with Crippen molar-refractivity contribution in [2.75, 3.05) is 6.61 Å². The number of alkyl halides is 1. The number of ether oxygens (including phenoxy) is 2. The molecule has 1 aromatic carbocycles. The lowest BCUT2D eigenvalue weighted by Crippen LogP contribution is -2.30. The van der Waals surface area contributed by atoms with Crippen LogP contribution in [0.25, 0.3) is 11.4 Å². The van der Waals surface area contributed by atoms with Crippen LogP contribution in [0.1, 0.15) is 64.4 Å². The Balaban J connectivity index is 1.45. The van der Waals surface area contributed by atoms with Crippen molar-refractivity contribution in [3.05, 3.63) is 41.2 Å². The van der Waals surface area contributed by atoms with Crippen LogP contribution in [0, 0.1) is 5.92 Å². The van der Waals surface area contributed by atoms with Crippen molar-refractivity contribution in [1.29, 1.82) is 0 Å². The van der Waals surface area contributed by atoms with E-state index in [0.29, 0.717) is 35.5 Å². The second kappa shape index (κ2) is 12.1. The number of rotatable bonds is 10. The number of hydrogen-bond acceptors (Lipinski definition) is 5. The highest BCUT2D eigenvalue weighted by Gasteiger charge is 2.27. The second-order valence-electron chi connectivity index (χ2n) is 8.41. The maximum atomic E-state index is 13.8. The molecular formula is C25H32ClFN2O3. The molecule has 1 aliphatic carbocycles. The number of benzene rings is 1. The van der Waals surface area contributed by atoms with Crippen LogP contribution in [0.5, 0.6) is 5.75 Å². The quantitative estimate of drug-likeness (QED) is 0.384. The minimum absolute atomic E-state index is 0.194. The summed E-state index contributed by atoms with van der Waals surface area (Å²) in [5, 5.41) is 0.523. The number of halogens is 2. The number of aryl methyl sites for hydroxylation is 1. The molecule has 1 heterocycles. The van der Waals surface area contributed by atoms with Crippen LogP contribution < -0.4 is 4.74 Å². The van der Waals surface area contributed by atoms with Gasteiger partial charge in [0.25, 0.3) is 0 Å². The number of aromatic nitrogens is 2. The predicted octanol–water partition coefficient (Wildman–Crippen LogP) is 6.37. The Labute approximate surface area is 194 Å². The maximum absolute atomic E-state index is 13.8. The van der Waals surface area contributed by atoms with E-state index in [-0.39, 0.29) is 12.5 Å². The van der Waals surface area contributed by atoms with Crippen molar-refractivity contribution < 1.29 is 18.7 Å². The summed E-state index contributed by atoms with van der Waals surface area (Å²) < 4.78 is 25.1. The zero-order valence-electron chi connectivity index (χ0n) is 18.9. The first kappa shape index (κ1) is 24.4. The topological polar surface area (TPSA) is 61.3 Å². The Morgan fingerprint density at radius 3 is 2.53 bits per heavy atom. The van der Waals surface area contributed by atoms with E-state index in [2.05, 4.69) is 16.9 Å². The second-order valence-corrected chi connectivity index (χ2v) is 8.82. The first-order chi connectivity index (χ1) is 15.5. The average molecular weight is 463 g/mol. The molecule has 1 fully saturated rings. The maximum Gasteiger partial charge on any atom is 0.340 e. The zero-order valence-corrected chi connectivity index (χ0v) is 19.6. The fraction of sp³-hybridized carbons (Fsp3) is 0.560. The molecule has 1 atom stereocenters. The third-order valence-corrected chi connectivity index (χ3v) is 6.22. The molecule has 7 heteroatoms. The molecule has 0 N–H and O–H groups in total. The van der Waals surface area contributed by atoms with E-state index in [4.69, 9.17) is 21.1 Å². The van der Waals surface area contributed by atoms with E-state index in [1.807, 2.05) is 37.5 Å². The summed E-state index contributed by atoms with van der Waals surface area (Å²) in [7, 11) is 0. The lowest BCUT2D eigenvalue weighted by Gasteiger charge is -2.28. The summed E-state index contributed by atoms with van der Waals surface area (Å²) in [5.41, 5.74) is 1.93. The minimum atomic E-state index is -1.50. The molecule has 2 aromatic rings. The van der Waals surface area contributed by atoms with Gasteiger partial charge in [0.1, 0.15) is 11.9 Å². The van der Waals surface area contributed by atoms with Crippen LogP contribution in [0.2, 0.25) is 5.02 Å². The highest BCUT2D eigenvalue weighted by atomic mass is 35.5. The Kier molecular flexibility index (Phi) is 9.27. The third kappa shape index (κ3) is 6.89. The molecule has 1 saturated carbocycles. The average Bonchev–Trinajstić information content (AvgIpc) is 2.82. The minimum Gasteiger partial charge on any atom is -0.492 e. The molecule has 0 radical (unpaired) electrons. The fourth-order valence-corrected chi connectivity index (χ4v) is 4.04. The molecule has 174 valence electrons. The molecule has 32 heavy (non-hydrogen) atoms. The summed E-state index contributed by atoms with van der Waals surface area (Å²) in [5.74, 6) is 0.907. The number of unbranched alkanes of at least 4 members (excludes halogenated alkanes) is 1. The van der Waals surface area contributed by atoms with Crippen LogP contribution >= 0.6 is 11.6 Å². The molecular weight excluding hydrogens is 431 g/mol. The highest BCUT2D eigenvalue weighted by Crippen LogP contribution is 2.32. The number of carbonyl (C=O) groups excluding carboxylic acids is 1. The Morgan fingerprint density at radius 1 is 1.19 bits per heavy atom. The Bertz CT molecular complexity index is 870. The van der Waals surface area contributed by atoms with Gasteiger partial charge in [-0.2, -0.15) is 0 Å². The largest absolute Gasteiger partial charge is 0.492 e. The molecule has 0 spiro atoms. The van der Waals surface area contributed by atoms with Gasteiger partial charge in [-0.05, 0) is 68.2 Å². The SMILES string of the molecule is CCCC[C@H](F)C(=O)O[C@H]1CC[C@H](COc2ccc(-c3ncc(CC)cn3)cc2Cl)CC1. The van der Waals surface area contributed by atoms with Crippen LogP contribution in [0.3, 0.4) is 0 Å². The van der Waals surface area contributed by atoms with Crippen LogP contribution in [-0.2, 0) is 16.0 Å². The van der Waals surface area contributed by atoms with Gasteiger partial charge < -0.3 is 9.47 Å². The van der Waals surface area contributed by atoms with Crippen molar-refractivity contribution in [3.8, 4) is 17.1 Å². The predicted molar refractivity (Wildman–Crippen MR) is 124 cm³/mol. The number of hydrogen-bond donors (Lipinski definition) is 0. The Hall–Kier alpha value is -2.21. The van der Waals surface area contributed by atoms with E-state index >= 15 is 0 Å². The Morgan fingerprint density at radius 2 is 1.91 bits per heavy atom. The molecule has 1 aromatic heterocycles. The van der Waals surface area contributed by atoms with Gasteiger partial charge in [-0.3, -0.25) is 0 Å². The molecule has 3 rings (SSSR count). The molecule has 0 saturated heterocycles. The number of carbonyl (C=O) groups is 1. The van der Waals surface area contributed by atoms with Gasteiger partial charge in [0.2, 0.25) is 0 Å². The highest BCUT2D eigenvalue weighted by molar-refractivity contribution is 6.32. The summed E-state index contributed by atoms with van der Waals surface area (Å²) >= 11 is 6.43. The summed E-state index contributed by atoms with van der Waals surface area (Å²) in [6.45, 7) is 4.58.